The van der Waals surface area contributed by atoms with Crippen LogP contribution in [0.4, 0.5) is 4.79 Å². The van der Waals surface area contributed by atoms with Crippen LogP contribution in [0.15, 0.2) is 22.8 Å². The number of nitrogens with zero attached hydrogens (tertiary/aromatic N) is 2. The number of rotatable bonds is 3. The van der Waals surface area contributed by atoms with E-state index in [0.29, 0.717) is 0 Å². The molecule has 1 aromatic heterocycles. The van der Waals surface area contributed by atoms with Crippen molar-refractivity contribution in [2.75, 3.05) is 19.6 Å². The number of hydrogen-bond donors (Lipinski definition) is 1. The summed E-state index contributed by atoms with van der Waals surface area (Å²) >= 11 is 0. The molecule has 0 bridgehead atoms. The maximum atomic E-state index is 11.6. The Kier molecular flexibility index (Phi) is 3.25. The largest absolute Gasteiger partial charge is 0.468 e. The first-order chi connectivity index (χ1) is 9.24. The molecular formula is C13H17N3O3. The van der Waals surface area contributed by atoms with Crippen molar-refractivity contribution in [3.8, 4) is 0 Å². The molecule has 3 amide bonds. The topological polar surface area (TPSA) is 65.8 Å². The molecule has 2 aliphatic heterocycles. The third kappa shape index (κ3) is 2.49. The minimum Gasteiger partial charge on any atom is -0.468 e. The van der Waals surface area contributed by atoms with Crippen LogP contribution in [0.2, 0.25) is 0 Å². The van der Waals surface area contributed by atoms with Gasteiger partial charge in [0.25, 0.3) is 0 Å². The van der Waals surface area contributed by atoms with Crippen molar-refractivity contribution >= 4 is 11.9 Å². The lowest BCUT2D eigenvalue weighted by Gasteiger charge is -2.34. The van der Waals surface area contributed by atoms with Gasteiger partial charge in [-0.05, 0) is 25.0 Å². The standard InChI is InChI=1S/C13H17N3O3/c17-12-8-14-13(18)16(12)10-3-5-15(6-4-10)9-11-2-1-7-19-11/h1-2,7,10H,3-6,8-9H2,(H,14,18). The maximum Gasteiger partial charge on any atom is 0.324 e. The van der Waals surface area contributed by atoms with Crippen LogP contribution in [0.5, 0.6) is 0 Å². The van der Waals surface area contributed by atoms with E-state index in [9.17, 15) is 9.59 Å². The summed E-state index contributed by atoms with van der Waals surface area (Å²) in [6, 6.07) is 3.65. The summed E-state index contributed by atoms with van der Waals surface area (Å²) in [5.74, 6) is 0.850. The molecule has 3 rings (SSSR count). The Morgan fingerprint density at radius 1 is 1.32 bits per heavy atom. The monoisotopic (exact) mass is 263 g/mol. The van der Waals surface area contributed by atoms with Gasteiger partial charge < -0.3 is 9.73 Å². The van der Waals surface area contributed by atoms with Crippen molar-refractivity contribution < 1.29 is 14.0 Å². The molecule has 0 aromatic carbocycles. The normalized spacial score (nSPS) is 22.0. The predicted octanol–water partition coefficient (Wildman–Crippen LogP) is 0.796. The number of piperidine rings is 1. The molecule has 2 fully saturated rings. The molecule has 1 N–H and O–H groups in total. The van der Waals surface area contributed by atoms with E-state index >= 15 is 0 Å². The molecule has 3 heterocycles. The molecule has 2 saturated heterocycles. The molecule has 0 saturated carbocycles. The molecule has 102 valence electrons. The van der Waals surface area contributed by atoms with E-state index < -0.39 is 0 Å². The van der Waals surface area contributed by atoms with Crippen molar-refractivity contribution in [2.24, 2.45) is 0 Å². The molecule has 6 nitrogen and oxygen atoms in total. The number of furan rings is 1. The summed E-state index contributed by atoms with van der Waals surface area (Å²) in [7, 11) is 0. The number of nitrogens with one attached hydrogen (secondary N) is 1. The zero-order valence-electron chi connectivity index (χ0n) is 10.7. The molecule has 0 unspecified atom stereocenters. The lowest BCUT2D eigenvalue weighted by Crippen LogP contribution is -2.47. The Balaban J connectivity index is 1.54. The Morgan fingerprint density at radius 3 is 2.68 bits per heavy atom. The van der Waals surface area contributed by atoms with Crippen LogP contribution in [0.1, 0.15) is 18.6 Å². The molecule has 0 atom stereocenters. The summed E-state index contributed by atoms with van der Waals surface area (Å²) in [6.45, 7) is 2.69. The number of urea groups is 1. The van der Waals surface area contributed by atoms with E-state index in [2.05, 4.69) is 10.2 Å². The second-order valence-corrected chi connectivity index (χ2v) is 5.01. The van der Waals surface area contributed by atoms with Gasteiger partial charge in [0.1, 0.15) is 5.76 Å². The highest BCUT2D eigenvalue weighted by atomic mass is 16.3. The first kappa shape index (κ1) is 12.2. The van der Waals surface area contributed by atoms with Gasteiger partial charge in [-0.3, -0.25) is 14.6 Å². The molecule has 0 spiro atoms. The molecule has 6 heteroatoms. The second kappa shape index (κ2) is 5.05. The van der Waals surface area contributed by atoms with Gasteiger partial charge in [0.05, 0.1) is 19.4 Å². The minimum atomic E-state index is -0.241. The highest BCUT2D eigenvalue weighted by molar-refractivity contribution is 6.02. The van der Waals surface area contributed by atoms with Crippen molar-refractivity contribution in [1.29, 1.82) is 0 Å². The summed E-state index contributed by atoms with van der Waals surface area (Å²) in [5.41, 5.74) is 0. The van der Waals surface area contributed by atoms with E-state index in [-0.39, 0.29) is 24.5 Å². The van der Waals surface area contributed by atoms with Crippen LogP contribution in [-0.4, -0.2) is 47.4 Å². The minimum absolute atomic E-state index is 0.0443. The lowest BCUT2D eigenvalue weighted by molar-refractivity contribution is -0.127. The Bertz CT molecular complexity index is 447. The number of imide groups is 1. The van der Waals surface area contributed by atoms with Crippen LogP contribution >= 0.6 is 0 Å². The third-order valence-electron chi connectivity index (χ3n) is 3.76. The van der Waals surface area contributed by atoms with Gasteiger partial charge in [-0.1, -0.05) is 0 Å². The zero-order valence-corrected chi connectivity index (χ0v) is 10.7. The predicted molar refractivity (Wildman–Crippen MR) is 67.3 cm³/mol. The van der Waals surface area contributed by atoms with Gasteiger partial charge >= 0.3 is 6.03 Å². The van der Waals surface area contributed by atoms with Crippen LogP contribution in [0.25, 0.3) is 0 Å². The van der Waals surface area contributed by atoms with Crippen molar-refractivity contribution in [1.82, 2.24) is 15.1 Å². The first-order valence-corrected chi connectivity index (χ1v) is 6.58. The zero-order chi connectivity index (χ0) is 13.2. The van der Waals surface area contributed by atoms with Crippen LogP contribution in [0, 0.1) is 0 Å². The highest BCUT2D eigenvalue weighted by Gasteiger charge is 2.36. The van der Waals surface area contributed by atoms with E-state index in [4.69, 9.17) is 4.42 Å². The molecule has 1 aromatic rings. The fraction of sp³-hybridized carbons (Fsp3) is 0.538. The summed E-state index contributed by atoms with van der Waals surface area (Å²) < 4.78 is 5.33. The molecule has 19 heavy (non-hydrogen) atoms. The van der Waals surface area contributed by atoms with Gasteiger partial charge in [0.2, 0.25) is 5.91 Å². The van der Waals surface area contributed by atoms with Crippen molar-refractivity contribution in [2.45, 2.75) is 25.4 Å². The number of carbonyl (C=O) groups excluding carboxylic acids is 2. The summed E-state index contributed by atoms with van der Waals surface area (Å²) in [4.78, 5) is 26.9. The second-order valence-electron chi connectivity index (χ2n) is 5.01. The van der Waals surface area contributed by atoms with Gasteiger partial charge in [0, 0.05) is 19.1 Å². The van der Waals surface area contributed by atoms with Crippen LogP contribution in [-0.2, 0) is 11.3 Å². The third-order valence-corrected chi connectivity index (χ3v) is 3.76. The SMILES string of the molecule is O=C1CNC(=O)N1C1CCN(Cc2ccco2)CC1. The van der Waals surface area contributed by atoms with E-state index in [1.165, 1.54) is 4.90 Å². The van der Waals surface area contributed by atoms with Crippen LogP contribution < -0.4 is 5.32 Å². The van der Waals surface area contributed by atoms with E-state index in [1.807, 2.05) is 12.1 Å². The summed E-state index contributed by atoms with van der Waals surface area (Å²) in [5, 5.41) is 2.57. The Hall–Kier alpha value is -1.82. The molecular weight excluding hydrogens is 246 g/mol. The highest BCUT2D eigenvalue weighted by Crippen LogP contribution is 2.20. The van der Waals surface area contributed by atoms with Gasteiger partial charge in [-0.15, -0.1) is 0 Å². The smallest absolute Gasteiger partial charge is 0.324 e. The van der Waals surface area contributed by atoms with E-state index in [1.54, 1.807) is 6.26 Å². The number of hydrogen-bond acceptors (Lipinski definition) is 4. The molecule has 0 aliphatic carbocycles. The van der Waals surface area contributed by atoms with Crippen molar-refractivity contribution in [3.05, 3.63) is 24.2 Å². The number of amides is 3. The van der Waals surface area contributed by atoms with E-state index in [0.717, 1.165) is 38.2 Å². The quantitative estimate of drug-likeness (QED) is 0.819. The van der Waals surface area contributed by atoms with Gasteiger partial charge in [-0.25, -0.2) is 4.79 Å². The lowest BCUT2D eigenvalue weighted by atomic mass is 10.0. The number of likely N-dealkylation sites (tertiary alicyclic amines) is 1. The average molecular weight is 263 g/mol. The summed E-state index contributed by atoms with van der Waals surface area (Å²) in [6.07, 6.45) is 3.34. The number of carbonyl (C=O) groups is 2. The maximum absolute atomic E-state index is 11.6. The fourth-order valence-electron chi connectivity index (χ4n) is 2.76. The van der Waals surface area contributed by atoms with Crippen molar-refractivity contribution in [3.63, 3.8) is 0 Å². The molecule has 2 aliphatic rings. The fourth-order valence-corrected chi connectivity index (χ4v) is 2.76. The van der Waals surface area contributed by atoms with Gasteiger partial charge in [-0.2, -0.15) is 0 Å². The first-order valence-electron chi connectivity index (χ1n) is 6.58. The van der Waals surface area contributed by atoms with Gasteiger partial charge in [0.15, 0.2) is 0 Å². The Morgan fingerprint density at radius 2 is 2.11 bits per heavy atom. The molecule has 0 radical (unpaired) electrons. The average Bonchev–Trinajstić information content (AvgIpc) is 3.02. The van der Waals surface area contributed by atoms with Crippen LogP contribution in [0.3, 0.4) is 0 Å². The Labute approximate surface area is 111 Å².